The van der Waals surface area contributed by atoms with Crippen LogP contribution >= 0.6 is 0 Å². The number of nitrogens with zero attached hydrogens (tertiary/aromatic N) is 6. The summed E-state index contributed by atoms with van der Waals surface area (Å²) in [6, 6.07) is 0. The molecule has 0 spiro atoms. The topological polar surface area (TPSA) is 105 Å². The molecule has 0 saturated heterocycles. The minimum Gasteiger partial charge on any atom is -1.00 e. The highest BCUT2D eigenvalue weighted by Gasteiger charge is 2.18. The maximum absolute atomic E-state index is 6.24. The van der Waals surface area contributed by atoms with Crippen molar-refractivity contribution in [3.05, 3.63) is 18.6 Å². The normalized spacial score (nSPS) is 10.9. The molecule has 0 aromatic carbocycles. The number of halogens is 2. The van der Waals surface area contributed by atoms with Gasteiger partial charge in [0.05, 0.1) is 38.2 Å². The summed E-state index contributed by atoms with van der Waals surface area (Å²) in [5.41, 5.74) is 10.8. The molecule has 0 unspecified atom stereocenters. The monoisotopic (exact) mass is 504 g/mol. The Hall–Kier alpha value is -1.45. The van der Waals surface area contributed by atoms with Gasteiger partial charge < -0.3 is 40.9 Å². The lowest BCUT2D eigenvalue weighted by molar-refractivity contribution is -0.686. The van der Waals surface area contributed by atoms with Gasteiger partial charge in [-0.2, -0.15) is 5.10 Å². The maximum atomic E-state index is 6.24. The third kappa shape index (κ3) is 8.73. The van der Waals surface area contributed by atoms with Gasteiger partial charge in [0, 0.05) is 18.1 Å². The number of unbranched alkanes of at least 4 members (excludes halogenated alkanes) is 5. The smallest absolute Gasteiger partial charge is 0.421 e. The molecule has 30 heavy (non-hydrogen) atoms. The van der Waals surface area contributed by atoms with Crippen LogP contribution in [0.1, 0.15) is 65.2 Å². The summed E-state index contributed by atoms with van der Waals surface area (Å²) in [6.45, 7) is 8.01. The van der Waals surface area contributed by atoms with Crippen LogP contribution in [0, 0.1) is 0 Å². The van der Waals surface area contributed by atoms with Crippen LogP contribution in [0.15, 0.2) is 28.8 Å². The van der Waals surface area contributed by atoms with Crippen LogP contribution in [0.3, 0.4) is 0 Å². The fourth-order valence-electron chi connectivity index (χ4n) is 3.16. The molecule has 0 atom stereocenters. The first kappa shape index (κ1) is 28.5. The first-order valence-corrected chi connectivity index (χ1v) is 10.8. The van der Waals surface area contributed by atoms with E-state index < -0.39 is 0 Å². The minimum atomic E-state index is 0. The van der Waals surface area contributed by atoms with Gasteiger partial charge in [0.1, 0.15) is 0 Å². The molecule has 0 amide bonds. The van der Waals surface area contributed by atoms with Crippen LogP contribution in [0.25, 0.3) is 0 Å². The van der Waals surface area contributed by atoms with Gasteiger partial charge in [-0.25, -0.2) is 13.8 Å². The molecular formula is C20H38BrClN8. The van der Waals surface area contributed by atoms with Crippen LogP contribution in [0.2, 0.25) is 0 Å². The lowest BCUT2D eigenvalue weighted by atomic mass is 10.2. The number of quaternary nitrogens is 1. The summed E-state index contributed by atoms with van der Waals surface area (Å²) >= 11 is 0. The van der Waals surface area contributed by atoms with Crippen molar-refractivity contribution in [3.8, 4) is 0 Å². The van der Waals surface area contributed by atoms with Gasteiger partial charge in [0.2, 0.25) is 0 Å². The molecule has 0 saturated carbocycles. The number of azo groups is 1. The molecule has 0 radical (unpaired) electrons. The molecule has 0 aliphatic rings. The molecule has 2 aromatic rings. The number of hydrogen-bond donors (Lipinski definition) is 2. The lowest BCUT2D eigenvalue weighted by Crippen LogP contribution is -3.00. The Kier molecular flexibility index (Phi) is 15.5. The zero-order valence-electron chi connectivity index (χ0n) is 18.4. The first-order valence-electron chi connectivity index (χ1n) is 10.8. The van der Waals surface area contributed by atoms with E-state index in [1.807, 2.05) is 4.68 Å². The zero-order valence-corrected chi connectivity index (χ0v) is 20.8. The Morgan fingerprint density at radius 3 is 2.43 bits per heavy atom. The second-order valence-corrected chi connectivity index (χ2v) is 7.30. The molecule has 8 nitrogen and oxygen atoms in total. The Morgan fingerprint density at radius 1 is 1.03 bits per heavy atom. The van der Waals surface area contributed by atoms with Gasteiger partial charge in [0.15, 0.2) is 11.5 Å². The lowest BCUT2D eigenvalue weighted by Gasteiger charge is -2.03. The van der Waals surface area contributed by atoms with E-state index in [4.69, 9.17) is 5.73 Å². The highest BCUT2D eigenvalue weighted by atomic mass is 79.9. The molecule has 10 heteroatoms. The van der Waals surface area contributed by atoms with Crippen molar-refractivity contribution in [3.63, 3.8) is 0 Å². The molecule has 2 aromatic heterocycles. The number of nitrogens with two attached hydrogens (primary N) is 1. The summed E-state index contributed by atoms with van der Waals surface area (Å²) in [4.78, 5) is 0. The van der Waals surface area contributed by atoms with Crippen LogP contribution < -0.4 is 45.4 Å². The molecule has 2 heterocycles. The third-order valence-corrected chi connectivity index (χ3v) is 4.92. The van der Waals surface area contributed by atoms with Crippen molar-refractivity contribution in [1.29, 1.82) is 0 Å². The number of aromatic nitrogens is 4. The highest BCUT2D eigenvalue weighted by molar-refractivity contribution is 5.56. The molecular weight excluding hydrogens is 468 g/mol. The second kappa shape index (κ2) is 16.3. The van der Waals surface area contributed by atoms with Gasteiger partial charge in [-0.05, 0) is 12.8 Å². The fourth-order valence-corrected chi connectivity index (χ4v) is 3.16. The number of anilines is 1. The van der Waals surface area contributed by atoms with Gasteiger partial charge in [0.25, 0.3) is 0 Å². The number of rotatable bonds is 14. The number of nitrogen functional groups attached to an aromatic ring is 1. The fraction of sp³-hybridized carbons (Fsp3) is 0.700. The summed E-state index contributed by atoms with van der Waals surface area (Å²) in [5, 5.41) is 13.4. The number of imidazole rings is 1. The predicted molar refractivity (Wildman–Crippen MR) is 111 cm³/mol. The van der Waals surface area contributed by atoms with Gasteiger partial charge >= 0.3 is 5.95 Å². The predicted octanol–water partition coefficient (Wildman–Crippen LogP) is -2.62. The summed E-state index contributed by atoms with van der Waals surface area (Å²) < 4.78 is 6.15. The van der Waals surface area contributed by atoms with E-state index in [1.54, 1.807) is 6.20 Å². The Morgan fingerprint density at radius 2 is 1.73 bits per heavy atom. The van der Waals surface area contributed by atoms with Crippen LogP contribution in [0.4, 0.5) is 17.5 Å². The molecule has 0 bridgehead atoms. The highest BCUT2D eigenvalue weighted by Crippen LogP contribution is 2.24. The zero-order chi connectivity index (χ0) is 20.2. The SMILES string of the molecule is CCCCCCn1ncc(N=Nc2n(CCCCC)cc[n+]2CCC[NH3+])c1N.[Br-].[Cl-]. The molecule has 172 valence electrons. The van der Waals surface area contributed by atoms with E-state index in [0.717, 1.165) is 51.4 Å². The van der Waals surface area contributed by atoms with E-state index in [9.17, 15) is 0 Å². The van der Waals surface area contributed by atoms with Crippen LogP contribution in [-0.2, 0) is 19.6 Å². The van der Waals surface area contributed by atoms with Crippen molar-refractivity contribution in [2.75, 3.05) is 12.3 Å². The van der Waals surface area contributed by atoms with Crippen LogP contribution in [-0.4, -0.2) is 20.9 Å². The molecule has 0 fully saturated rings. The minimum absolute atomic E-state index is 0. The van der Waals surface area contributed by atoms with Crippen molar-refractivity contribution in [1.82, 2.24) is 14.3 Å². The summed E-state index contributed by atoms with van der Waals surface area (Å²) in [7, 11) is 0. The molecule has 2 rings (SSSR count). The van der Waals surface area contributed by atoms with Crippen molar-refractivity contribution in [2.24, 2.45) is 10.2 Å². The van der Waals surface area contributed by atoms with Crippen molar-refractivity contribution < 1.29 is 39.7 Å². The average molecular weight is 506 g/mol. The van der Waals surface area contributed by atoms with E-state index in [1.165, 1.54) is 32.1 Å². The van der Waals surface area contributed by atoms with E-state index >= 15 is 0 Å². The largest absolute Gasteiger partial charge is 1.00 e. The number of hydrogen-bond acceptors (Lipinski definition) is 4. The van der Waals surface area contributed by atoms with Crippen molar-refractivity contribution in [2.45, 2.75) is 84.8 Å². The second-order valence-electron chi connectivity index (χ2n) is 7.30. The van der Waals surface area contributed by atoms with E-state index in [2.05, 4.69) is 56.4 Å². The Labute approximate surface area is 197 Å². The average Bonchev–Trinajstić information content (AvgIpc) is 3.25. The molecule has 0 aliphatic carbocycles. The van der Waals surface area contributed by atoms with Gasteiger partial charge in [-0.3, -0.25) is 0 Å². The van der Waals surface area contributed by atoms with E-state index in [-0.39, 0.29) is 29.4 Å². The number of aryl methyl sites for hydroxylation is 3. The summed E-state index contributed by atoms with van der Waals surface area (Å²) in [6.07, 6.45) is 15.2. The van der Waals surface area contributed by atoms with E-state index in [0.29, 0.717) is 11.5 Å². The van der Waals surface area contributed by atoms with Gasteiger partial charge in [-0.15, -0.1) is 0 Å². The third-order valence-electron chi connectivity index (χ3n) is 4.92. The quantitative estimate of drug-likeness (QED) is 0.167. The first-order chi connectivity index (χ1) is 13.7. The Balaban J connectivity index is 0.00000420. The Bertz CT molecular complexity index is 728. The molecule has 5 N–H and O–H groups in total. The standard InChI is InChI=1S/C20H36N8.BrH.ClH/c1-3-5-7-9-14-28-19(22)18(17-23-28)24-25-20-26(12-8-6-4-2)15-16-27(20)13-10-11-21;;/h15-17,22H,3-14,21H2,1-2H3;2*1H. The molecule has 0 aliphatic heterocycles. The van der Waals surface area contributed by atoms with Crippen molar-refractivity contribution >= 4 is 17.5 Å². The maximum Gasteiger partial charge on any atom is 0.421 e. The van der Waals surface area contributed by atoms with Gasteiger partial charge in [-0.1, -0.05) is 51.1 Å². The summed E-state index contributed by atoms with van der Waals surface area (Å²) in [5.74, 6) is 1.45. The van der Waals surface area contributed by atoms with Crippen LogP contribution in [0.5, 0.6) is 0 Å².